The first-order valence-electron chi connectivity index (χ1n) is 10.3. The van der Waals surface area contributed by atoms with Gasteiger partial charge in [0.15, 0.2) is 0 Å². The highest BCUT2D eigenvalue weighted by atomic mass is 16.4. The van der Waals surface area contributed by atoms with Crippen molar-refractivity contribution in [1.29, 1.82) is 0 Å². The van der Waals surface area contributed by atoms with Gasteiger partial charge in [0.2, 0.25) is 0 Å². The second-order valence-electron chi connectivity index (χ2n) is 6.74. The number of unbranched alkanes of at least 4 members (excludes halogenated alkanes) is 8. The third-order valence-electron chi connectivity index (χ3n) is 3.89. The molecule has 0 heterocycles. The predicted octanol–water partition coefficient (Wildman–Crippen LogP) is 5.63. The zero-order chi connectivity index (χ0) is 19.9. The summed E-state index contributed by atoms with van der Waals surface area (Å²) in [5, 5.41) is 25.0. The van der Waals surface area contributed by atoms with Crippen LogP contribution in [0.25, 0.3) is 0 Å². The van der Waals surface area contributed by atoms with E-state index >= 15 is 0 Å². The first-order valence-corrected chi connectivity index (χ1v) is 10.3. The van der Waals surface area contributed by atoms with Gasteiger partial charge >= 0.3 is 5.97 Å². The molecule has 154 valence electrons. The van der Waals surface area contributed by atoms with E-state index in [1.807, 2.05) is 0 Å². The van der Waals surface area contributed by atoms with Gasteiger partial charge in [-0.3, -0.25) is 4.79 Å². The fourth-order valence-electron chi connectivity index (χ4n) is 2.27. The predicted molar refractivity (Wildman–Crippen MR) is 110 cm³/mol. The fourth-order valence-corrected chi connectivity index (χ4v) is 2.27. The van der Waals surface area contributed by atoms with Crippen molar-refractivity contribution in [2.45, 2.75) is 103 Å². The van der Waals surface area contributed by atoms with Gasteiger partial charge in [0.25, 0.3) is 0 Å². The summed E-state index contributed by atoms with van der Waals surface area (Å²) < 4.78 is 0. The number of aliphatic hydroxyl groups is 2. The van der Waals surface area contributed by atoms with Gasteiger partial charge in [0.05, 0.1) is 6.10 Å². The fraction of sp³-hybridized carbons (Fsp3) is 0.773. The van der Waals surface area contributed by atoms with E-state index in [4.69, 9.17) is 15.3 Å². The molecule has 1 atom stereocenters. The lowest BCUT2D eigenvalue weighted by molar-refractivity contribution is -0.137. The minimum absolute atomic E-state index is 0.0810. The molecule has 0 radical (unpaired) electrons. The van der Waals surface area contributed by atoms with Gasteiger partial charge in [-0.2, -0.15) is 0 Å². The summed E-state index contributed by atoms with van der Waals surface area (Å²) in [5.74, 6) is -0.671. The van der Waals surface area contributed by atoms with Crippen molar-refractivity contribution >= 4 is 5.97 Å². The largest absolute Gasteiger partial charge is 0.481 e. The maximum absolute atomic E-state index is 10.3. The molecule has 0 saturated carbocycles. The smallest absolute Gasteiger partial charge is 0.303 e. The molecule has 4 heteroatoms. The Balaban J connectivity index is 0. The number of aliphatic carboxylic acids is 1. The van der Waals surface area contributed by atoms with Crippen LogP contribution in [0.3, 0.4) is 0 Å². The minimum Gasteiger partial charge on any atom is -0.481 e. The molecule has 0 fully saturated rings. The molecule has 0 spiro atoms. The Morgan fingerprint density at radius 3 is 1.88 bits per heavy atom. The van der Waals surface area contributed by atoms with Crippen LogP contribution < -0.4 is 0 Å². The maximum Gasteiger partial charge on any atom is 0.303 e. The van der Waals surface area contributed by atoms with Gasteiger partial charge in [-0.05, 0) is 51.9 Å². The summed E-state index contributed by atoms with van der Waals surface area (Å²) in [6, 6.07) is 0. The van der Waals surface area contributed by atoms with Crippen LogP contribution in [0.2, 0.25) is 0 Å². The highest BCUT2D eigenvalue weighted by molar-refractivity contribution is 5.66. The van der Waals surface area contributed by atoms with E-state index in [1.54, 1.807) is 6.92 Å². The molecule has 0 aromatic carbocycles. The Kier molecular flexibility index (Phi) is 24.9. The number of carboxylic acids is 1. The van der Waals surface area contributed by atoms with E-state index in [0.29, 0.717) is 12.8 Å². The Morgan fingerprint density at radius 2 is 1.42 bits per heavy atom. The summed E-state index contributed by atoms with van der Waals surface area (Å²) in [5.41, 5.74) is 0. The van der Waals surface area contributed by atoms with Crippen molar-refractivity contribution in [3.63, 3.8) is 0 Å². The average Bonchev–Trinajstić information content (AvgIpc) is 2.58. The third kappa shape index (κ3) is 30.7. The SMILES string of the molecule is CC(O)CCO.CCCCC/C=C\C/C=C\CCCCCCCC(=O)O. The molecule has 0 aliphatic rings. The number of carboxylic acid groups (broad SMARTS) is 1. The number of rotatable bonds is 16. The van der Waals surface area contributed by atoms with Gasteiger partial charge in [0, 0.05) is 13.0 Å². The molecule has 0 saturated heterocycles. The van der Waals surface area contributed by atoms with Crippen molar-refractivity contribution in [3.05, 3.63) is 24.3 Å². The van der Waals surface area contributed by atoms with Gasteiger partial charge in [-0.25, -0.2) is 0 Å². The average molecular weight is 371 g/mol. The summed E-state index contributed by atoms with van der Waals surface area (Å²) in [6.07, 6.45) is 22.4. The lowest BCUT2D eigenvalue weighted by Crippen LogP contribution is -2.00. The van der Waals surface area contributed by atoms with Gasteiger partial charge in [-0.1, -0.05) is 63.3 Å². The quantitative estimate of drug-likeness (QED) is 0.243. The topological polar surface area (TPSA) is 77.8 Å². The van der Waals surface area contributed by atoms with Crippen LogP contribution in [-0.2, 0) is 4.79 Å². The second-order valence-corrected chi connectivity index (χ2v) is 6.74. The van der Waals surface area contributed by atoms with Crippen LogP contribution in [0.15, 0.2) is 24.3 Å². The minimum atomic E-state index is -0.671. The van der Waals surface area contributed by atoms with Crippen LogP contribution in [0.1, 0.15) is 97.3 Å². The molecule has 0 aromatic heterocycles. The van der Waals surface area contributed by atoms with E-state index < -0.39 is 5.97 Å². The Morgan fingerprint density at radius 1 is 0.885 bits per heavy atom. The van der Waals surface area contributed by atoms with Crippen LogP contribution in [0.5, 0.6) is 0 Å². The molecule has 4 nitrogen and oxygen atoms in total. The number of carbonyl (C=O) groups is 1. The van der Waals surface area contributed by atoms with Crippen molar-refractivity contribution in [2.75, 3.05) is 6.61 Å². The molecular weight excluding hydrogens is 328 g/mol. The number of hydrogen-bond acceptors (Lipinski definition) is 3. The molecule has 0 rings (SSSR count). The van der Waals surface area contributed by atoms with Crippen molar-refractivity contribution in [2.24, 2.45) is 0 Å². The second kappa shape index (κ2) is 23.9. The maximum atomic E-state index is 10.3. The van der Waals surface area contributed by atoms with E-state index in [9.17, 15) is 4.79 Å². The van der Waals surface area contributed by atoms with Crippen molar-refractivity contribution < 1.29 is 20.1 Å². The van der Waals surface area contributed by atoms with Crippen LogP contribution in [-0.4, -0.2) is 34.0 Å². The molecule has 26 heavy (non-hydrogen) atoms. The van der Waals surface area contributed by atoms with Gasteiger partial charge < -0.3 is 15.3 Å². The van der Waals surface area contributed by atoms with Crippen LogP contribution in [0, 0.1) is 0 Å². The van der Waals surface area contributed by atoms with Crippen LogP contribution >= 0.6 is 0 Å². The summed E-state index contributed by atoms with van der Waals surface area (Å²) in [6.45, 7) is 3.96. The van der Waals surface area contributed by atoms with E-state index in [1.165, 1.54) is 44.9 Å². The highest BCUT2D eigenvalue weighted by Crippen LogP contribution is 2.08. The monoisotopic (exact) mass is 370 g/mol. The summed E-state index contributed by atoms with van der Waals surface area (Å²) >= 11 is 0. The van der Waals surface area contributed by atoms with E-state index in [-0.39, 0.29) is 12.7 Å². The van der Waals surface area contributed by atoms with Crippen molar-refractivity contribution in [1.82, 2.24) is 0 Å². The first kappa shape index (κ1) is 27.1. The van der Waals surface area contributed by atoms with Crippen molar-refractivity contribution in [3.8, 4) is 0 Å². The van der Waals surface area contributed by atoms with Gasteiger partial charge in [0.1, 0.15) is 0 Å². The number of aliphatic hydroxyl groups excluding tert-OH is 2. The Hall–Kier alpha value is -1.13. The Labute approximate surface area is 161 Å². The lowest BCUT2D eigenvalue weighted by Gasteiger charge is -1.98. The number of hydrogen-bond donors (Lipinski definition) is 3. The standard InChI is InChI=1S/C18H32O2.C4H10O2/c1-2-3-4-5-6-7-8-9-10-11-12-13-14-15-16-17-18(19)20;1-4(6)2-3-5/h6-7,9-10H,2-5,8,11-17H2,1H3,(H,19,20);4-6H,2-3H2,1H3/b7-6-,10-9-;. The molecule has 0 aromatic rings. The van der Waals surface area contributed by atoms with Gasteiger partial charge in [-0.15, -0.1) is 0 Å². The first-order chi connectivity index (χ1) is 12.5. The van der Waals surface area contributed by atoms with Crippen LogP contribution in [0.4, 0.5) is 0 Å². The summed E-state index contributed by atoms with van der Waals surface area (Å²) in [4.78, 5) is 10.3. The molecule has 0 bridgehead atoms. The van der Waals surface area contributed by atoms with E-state index in [0.717, 1.165) is 25.7 Å². The highest BCUT2D eigenvalue weighted by Gasteiger charge is 1.95. The Bertz CT molecular complexity index is 335. The zero-order valence-electron chi connectivity index (χ0n) is 17.0. The molecule has 0 aliphatic heterocycles. The summed E-state index contributed by atoms with van der Waals surface area (Å²) in [7, 11) is 0. The lowest BCUT2D eigenvalue weighted by atomic mass is 10.1. The zero-order valence-corrected chi connectivity index (χ0v) is 17.0. The molecular formula is C22H42O4. The van der Waals surface area contributed by atoms with E-state index in [2.05, 4.69) is 31.2 Å². The molecule has 0 amide bonds. The molecule has 1 unspecified atom stereocenters. The number of allylic oxidation sites excluding steroid dienone is 4. The molecule has 3 N–H and O–H groups in total. The third-order valence-corrected chi connectivity index (χ3v) is 3.89. The molecule has 0 aliphatic carbocycles. The normalized spacial score (nSPS) is 12.3.